The highest BCUT2D eigenvalue weighted by Crippen LogP contribution is 2.33. The number of carbonyl (C=O) groups excluding carboxylic acids is 1. The molecule has 124 valence electrons. The molecule has 2 aromatic rings. The van der Waals surface area contributed by atoms with Crippen LogP contribution in [0.1, 0.15) is 29.7 Å². The van der Waals surface area contributed by atoms with E-state index in [0.717, 1.165) is 23.3 Å². The van der Waals surface area contributed by atoms with Crippen LogP contribution in [-0.2, 0) is 4.79 Å². The lowest BCUT2D eigenvalue weighted by molar-refractivity contribution is -0.126. The maximum absolute atomic E-state index is 13.6. The Morgan fingerprint density at radius 2 is 2.08 bits per heavy atom. The van der Waals surface area contributed by atoms with E-state index in [1.54, 1.807) is 6.20 Å². The van der Waals surface area contributed by atoms with Crippen molar-refractivity contribution in [3.05, 3.63) is 65.2 Å². The van der Waals surface area contributed by atoms with Gasteiger partial charge in [0.2, 0.25) is 0 Å². The van der Waals surface area contributed by atoms with E-state index in [1.807, 2.05) is 25.1 Å². The van der Waals surface area contributed by atoms with Crippen molar-refractivity contribution in [2.24, 2.45) is 5.92 Å². The van der Waals surface area contributed by atoms with Gasteiger partial charge in [-0.25, -0.2) is 4.39 Å². The van der Waals surface area contributed by atoms with Crippen molar-refractivity contribution >= 4 is 17.2 Å². The summed E-state index contributed by atoms with van der Waals surface area (Å²) in [6.45, 7) is 3.46. The minimum absolute atomic E-state index is 0.179. The Balaban J connectivity index is 1.80. The van der Waals surface area contributed by atoms with Gasteiger partial charge in [0, 0.05) is 17.5 Å². The van der Waals surface area contributed by atoms with Gasteiger partial charge in [0.15, 0.2) is 0 Å². The van der Waals surface area contributed by atoms with Gasteiger partial charge in [-0.05, 0) is 56.0 Å². The van der Waals surface area contributed by atoms with Crippen LogP contribution >= 0.6 is 0 Å². The minimum Gasteiger partial charge on any atom is -0.281 e. The average Bonchev–Trinajstić information content (AvgIpc) is 3.06. The SMILES string of the molecule is Cc1ccc(C2=CC(C(=O)N(O)c3cccc(F)c3C)CC2)cn1. The van der Waals surface area contributed by atoms with Gasteiger partial charge in [0.1, 0.15) is 5.82 Å². The van der Waals surface area contributed by atoms with Gasteiger partial charge in [-0.2, -0.15) is 5.06 Å². The number of rotatable bonds is 3. The number of aryl methyl sites for hydroxylation is 1. The maximum atomic E-state index is 13.6. The first-order chi connectivity index (χ1) is 11.5. The summed E-state index contributed by atoms with van der Waals surface area (Å²) in [5, 5.41) is 10.8. The number of anilines is 1. The van der Waals surface area contributed by atoms with E-state index in [4.69, 9.17) is 0 Å². The number of carbonyl (C=O) groups is 1. The second kappa shape index (κ2) is 6.53. The molecule has 1 aliphatic rings. The molecule has 24 heavy (non-hydrogen) atoms. The number of hydroxylamine groups is 1. The number of amides is 1. The number of benzene rings is 1. The number of hydrogen-bond donors (Lipinski definition) is 1. The van der Waals surface area contributed by atoms with Crippen molar-refractivity contribution in [3.63, 3.8) is 0 Å². The molecule has 1 atom stereocenters. The summed E-state index contributed by atoms with van der Waals surface area (Å²) < 4.78 is 13.6. The molecule has 3 rings (SSSR count). The summed E-state index contributed by atoms with van der Waals surface area (Å²) in [4.78, 5) is 16.8. The predicted molar refractivity (Wildman–Crippen MR) is 90.1 cm³/mol. The fourth-order valence-corrected chi connectivity index (χ4v) is 2.91. The maximum Gasteiger partial charge on any atom is 0.257 e. The zero-order valence-corrected chi connectivity index (χ0v) is 13.7. The summed E-state index contributed by atoms with van der Waals surface area (Å²) in [7, 11) is 0. The molecule has 0 spiro atoms. The first-order valence-corrected chi connectivity index (χ1v) is 7.89. The van der Waals surface area contributed by atoms with Crippen LogP contribution in [0.25, 0.3) is 5.57 Å². The van der Waals surface area contributed by atoms with Crippen molar-refractivity contribution in [2.75, 3.05) is 5.06 Å². The molecule has 0 aliphatic heterocycles. The van der Waals surface area contributed by atoms with Crippen molar-refractivity contribution in [2.45, 2.75) is 26.7 Å². The normalized spacial score (nSPS) is 16.8. The summed E-state index contributed by atoms with van der Waals surface area (Å²) in [6, 6.07) is 8.21. The van der Waals surface area contributed by atoms with Crippen LogP contribution < -0.4 is 5.06 Å². The number of allylic oxidation sites excluding steroid dienone is 1. The smallest absolute Gasteiger partial charge is 0.257 e. The molecule has 0 saturated heterocycles. The highest BCUT2D eigenvalue weighted by molar-refractivity contribution is 5.96. The van der Waals surface area contributed by atoms with Crippen LogP contribution in [-0.4, -0.2) is 16.1 Å². The Morgan fingerprint density at radius 3 is 2.79 bits per heavy atom. The molecule has 1 N–H and O–H groups in total. The van der Waals surface area contributed by atoms with E-state index in [1.165, 1.54) is 25.1 Å². The fraction of sp³-hybridized carbons (Fsp3) is 0.263. The number of hydrogen-bond acceptors (Lipinski definition) is 3. The van der Waals surface area contributed by atoms with Gasteiger partial charge >= 0.3 is 0 Å². The van der Waals surface area contributed by atoms with Gasteiger partial charge in [0.05, 0.1) is 11.6 Å². The molecule has 1 aromatic heterocycles. The molecule has 0 fully saturated rings. The van der Waals surface area contributed by atoms with Crippen molar-refractivity contribution in [3.8, 4) is 0 Å². The number of pyridine rings is 1. The molecule has 0 saturated carbocycles. The molecular formula is C19H19FN2O2. The number of halogens is 1. The average molecular weight is 326 g/mol. The van der Waals surface area contributed by atoms with Gasteiger partial charge in [0.25, 0.3) is 5.91 Å². The summed E-state index contributed by atoms with van der Waals surface area (Å²) in [5.74, 6) is -1.32. The molecule has 0 bridgehead atoms. The molecule has 0 radical (unpaired) electrons. The third-order valence-corrected chi connectivity index (χ3v) is 4.40. The van der Waals surface area contributed by atoms with Gasteiger partial charge in [-0.3, -0.25) is 15.0 Å². The standard InChI is InChI=1S/C19H19FN2O2/c1-12-6-7-16(11-21-12)14-8-9-15(10-14)19(23)22(24)18-5-3-4-17(20)13(18)2/h3-7,10-11,15,24H,8-9H2,1-2H3. The summed E-state index contributed by atoms with van der Waals surface area (Å²) in [5.41, 5.74) is 3.40. The molecule has 5 heteroatoms. The molecule has 1 aromatic carbocycles. The van der Waals surface area contributed by atoms with E-state index in [2.05, 4.69) is 4.98 Å². The Bertz CT molecular complexity index is 800. The Labute approximate surface area is 140 Å². The van der Waals surface area contributed by atoms with Crippen LogP contribution in [0.15, 0.2) is 42.6 Å². The molecule has 1 amide bonds. The van der Waals surface area contributed by atoms with Crippen molar-refractivity contribution < 1.29 is 14.4 Å². The molecule has 1 heterocycles. The van der Waals surface area contributed by atoms with Gasteiger partial charge < -0.3 is 0 Å². The lowest BCUT2D eigenvalue weighted by Gasteiger charge is -2.20. The molecule has 1 unspecified atom stereocenters. The largest absolute Gasteiger partial charge is 0.281 e. The minimum atomic E-state index is -0.451. The zero-order chi connectivity index (χ0) is 17.3. The lowest BCUT2D eigenvalue weighted by atomic mass is 10.1. The van der Waals surface area contributed by atoms with E-state index in [9.17, 15) is 14.4 Å². The highest BCUT2D eigenvalue weighted by atomic mass is 19.1. The number of nitrogens with zero attached hydrogens (tertiary/aromatic N) is 2. The van der Waals surface area contributed by atoms with Crippen LogP contribution in [0.2, 0.25) is 0 Å². The van der Waals surface area contributed by atoms with Crippen LogP contribution in [0, 0.1) is 25.6 Å². The van der Waals surface area contributed by atoms with E-state index < -0.39 is 17.6 Å². The Kier molecular flexibility index (Phi) is 4.44. The highest BCUT2D eigenvalue weighted by Gasteiger charge is 2.28. The Morgan fingerprint density at radius 1 is 1.29 bits per heavy atom. The van der Waals surface area contributed by atoms with Crippen molar-refractivity contribution in [1.82, 2.24) is 4.98 Å². The van der Waals surface area contributed by atoms with Crippen LogP contribution in [0.5, 0.6) is 0 Å². The van der Waals surface area contributed by atoms with Crippen LogP contribution in [0.4, 0.5) is 10.1 Å². The topological polar surface area (TPSA) is 53.4 Å². The fourth-order valence-electron chi connectivity index (χ4n) is 2.91. The van der Waals surface area contributed by atoms with E-state index >= 15 is 0 Å². The second-order valence-corrected chi connectivity index (χ2v) is 6.06. The summed E-state index contributed by atoms with van der Waals surface area (Å²) >= 11 is 0. The number of aromatic nitrogens is 1. The summed E-state index contributed by atoms with van der Waals surface area (Å²) in [6.07, 6.45) is 5.03. The first-order valence-electron chi connectivity index (χ1n) is 7.89. The first kappa shape index (κ1) is 16.3. The molecule has 1 aliphatic carbocycles. The molecular weight excluding hydrogens is 307 g/mol. The quantitative estimate of drug-likeness (QED) is 0.684. The van der Waals surface area contributed by atoms with Crippen molar-refractivity contribution in [1.29, 1.82) is 0 Å². The second-order valence-electron chi connectivity index (χ2n) is 6.06. The van der Waals surface area contributed by atoms with E-state index in [0.29, 0.717) is 11.5 Å². The third kappa shape index (κ3) is 3.08. The lowest BCUT2D eigenvalue weighted by Crippen LogP contribution is -2.32. The Hall–Kier alpha value is -2.53. The van der Waals surface area contributed by atoms with Crippen LogP contribution in [0.3, 0.4) is 0 Å². The monoisotopic (exact) mass is 326 g/mol. The van der Waals surface area contributed by atoms with E-state index in [-0.39, 0.29) is 11.3 Å². The van der Waals surface area contributed by atoms with Gasteiger partial charge in [-0.15, -0.1) is 0 Å². The third-order valence-electron chi connectivity index (χ3n) is 4.40. The molecule has 4 nitrogen and oxygen atoms in total. The van der Waals surface area contributed by atoms with Gasteiger partial charge in [-0.1, -0.05) is 18.2 Å². The predicted octanol–water partition coefficient (Wildman–Crippen LogP) is 4.05. The zero-order valence-electron chi connectivity index (χ0n) is 13.7.